The fourth-order valence-electron chi connectivity index (χ4n) is 2.43. The van der Waals surface area contributed by atoms with Gasteiger partial charge in [-0.1, -0.05) is 11.6 Å². The lowest BCUT2D eigenvalue weighted by atomic mass is 10.1. The van der Waals surface area contributed by atoms with Crippen LogP contribution in [-0.2, 0) is 4.74 Å². The third-order valence-electron chi connectivity index (χ3n) is 3.54. The molecule has 0 aliphatic rings. The van der Waals surface area contributed by atoms with E-state index in [4.69, 9.17) is 4.74 Å². The van der Waals surface area contributed by atoms with E-state index in [0.29, 0.717) is 11.3 Å². The predicted octanol–water partition coefficient (Wildman–Crippen LogP) is 3.22. The summed E-state index contributed by atoms with van der Waals surface area (Å²) in [5.74, 6) is -0.791. The number of carbonyl (C=O) groups is 2. The number of aromatic amines is 1. The van der Waals surface area contributed by atoms with E-state index < -0.39 is 5.97 Å². The highest BCUT2D eigenvalue weighted by molar-refractivity contribution is 6.05. The minimum absolute atomic E-state index is 0.269. The first-order valence-electron chi connectivity index (χ1n) is 7.26. The van der Waals surface area contributed by atoms with E-state index in [1.165, 1.54) is 0 Å². The van der Waals surface area contributed by atoms with Crippen molar-refractivity contribution in [2.75, 3.05) is 6.61 Å². The summed E-state index contributed by atoms with van der Waals surface area (Å²) < 4.78 is 5.18. The Labute approximate surface area is 133 Å². The highest BCUT2D eigenvalue weighted by Crippen LogP contribution is 2.21. The van der Waals surface area contributed by atoms with Gasteiger partial charge in [-0.25, -0.2) is 4.79 Å². The molecule has 0 spiro atoms. The first kappa shape index (κ1) is 15.0. The minimum Gasteiger partial charge on any atom is -0.454 e. The van der Waals surface area contributed by atoms with Crippen LogP contribution in [-0.4, -0.2) is 28.3 Å². The minimum atomic E-state index is -0.522. The second-order valence-electron chi connectivity index (χ2n) is 5.41. The Kier molecular flexibility index (Phi) is 3.93. The summed E-state index contributed by atoms with van der Waals surface area (Å²) in [6.07, 6.45) is 1.65. The van der Waals surface area contributed by atoms with Gasteiger partial charge in [-0.2, -0.15) is 0 Å². The predicted molar refractivity (Wildman–Crippen MR) is 86.6 cm³/mol. The van der Waals surface area contributed by atoms with Crippen LogP contribution in [0.25, 0.3) is 10.9 Å². The Balaban J connectivity index is 1.86. The smallest absolute Gasteiger partial charge is 0.339 e. The maximum Gasteiger partial charge on any atom is 0.339 e. The number of ether oxygens (including phenoxy) is 1. The summed E-state index contributed by atoms with van der Waals surface area (Å²) in [5, 5.41) is 0.730. The van der Waals surface area contributed by atoms with Crippen LogP contribution in [0.5, 0.6) is 0 Å². The summed E-state index contributed by atoms with van der Waals surface area (Å²) in [5.41, 5.74) is 3.34. The second-order valence-corrected chi connectivity index (χ2v) is 5.41. The van der Waals surface area contributed by atoms with Crippen molar-refractivity contribution in [3.63, 3.8) is 0 Å². The number of rotatable bonds is 4. The molecule has 116 valence electrons. The average Bonchev–Trinajstić information content (AvgIpc) is 3.06. The van der Waals surface area contributed by atoms with E-state index >= 15 is 0 Å². The molecule has 0 aliphatic heterocycles. The number of esters is 1. The van der Waals surface area contributed by atoms with Gasteiger partial charge in [0.25, 0.3) is 0 Å². The SMILES string of the molecule is Cc1ccc2nc(C)cc(C(=O)OCC(=O)c3ccc[nH]3)c2c1. The molecular weight excluding hydrogens is 292 g/mol. The number of hydrogen-bond acceptors (Lipinski definition) is 4. The van der Waals surface area contributed by atoms with Gasteiger partial charge in [0, 0.05) is 17.3 Å². The zero-order chi connectivity index (χ0) is 16.4. The summed E-state index contributed by atoms with van der Waals surface area (Å²) in [6.45, 7) is 3.47. The molecule has 23 heavy (non-hydrogen) atoms. The van der Waals surface area contributed by atoms with Gasteiger partial charge in [-0.3, -0.25) is 9.78 Å². The molecule has 5 heteroatoms. The van der Waals surface area contributed by atoms with Crippen LogP contribution >= 0.6 is 0 Å². The molecule has 0 saturated carbocycles. The Morgan fingerprint density at radius 1 is 1.17 bits per heavy atom. The van der Waals surface area contributed by atoms with Crippen LogP contribution in [0, 0.1) is 13.8 Å². The topological polar surface area (TPSA) is 72.0 Å². The van der Waals surface area contributed by atoms with Crippen molar-refractivity contribution in [2.24, 2.45) is 0 Å². The molecular formula is C18H16N2O3. The molecule has 2 heterocycles. The number of pyridine rings is 1. The molecule has 2 aromatic heterocycles. The number of H-pyrrole nitrogens is 1. The number of nitrogens with zero attached hydrogens (tertiary/aromatic N) is 1. The molecule has 3 aromatic rings. The Morgan fingerprint density at radius 3 is 2.74 bits per heavy atom. The molecule has 0 aliphatic carbocycles. The molecule has 0 atom stereocenters. The molecule has 1 aromatic carbocycles. The highest BCUT2D eigenvalue weighted by atomic mass is 16.5. The lowest BCUT2D eigenvalue weighted by molar-refractivity contribution is 0.0475. The second kappa shape index (κ2) is 6.04. The molecule has 0 radical (unpaired) electrons. The largest absolute Gasteiger partial charge is 0.454 e. The first-order chi connectivity index (χ1) is 11.0. The first-order valence-corrected chi connectivity index (χ1v) is 7.26. The van der Waals surface area contributed by atoms with Crippen molar-refractivity contribution in [3.8, 4) is 0 Å². The Hall–Kier alpha value is -2.95. The van der Waals surface area contributed by atoms with Gasteiger partial charge in [0.2, 0.25) is 5.78 Å². The van der Waals surface area contributed by atoms with E-state index in [-0.39, 0.29) is 12.4 Å². The van der Waals surface area contributed by atoms with Gasteiger partial charge in [0.15, 0.2) is 6.61 Å². The standard InChI is InChI=1S/C18H16N2O3/c1-11-5-6-15-13(8-11)14(9-12(2)20-15)18(22)23-10-17(21)16-4-3-7-19-16/h3-9,19H,10H2,1-2H3. The monoisotopic (exact) mass is 308 g/mol. The van der Waals surface area contributed by atoms with Gasteiger partial charge >= 0.3 is 5.97 Å². The van der Waals surface area contributed by atoms with Crippen LogP contribution < -0.4 is 0 Å². The van der Waals surface area contributed by atoms with Crippen molar-refractivity contribution in [2.45, 2.75) is 13.8 Å². The fourth-order valence-corrected chi connectivity index (χ4v) is 2.43. The van der Waals surface area contributed by atoms with E-state index in [9.17, 15) is 9.59 Å². The van der Waals surface area contributed by atoms with Crippen LogP contribution in [0.1, 0.15) is 32.1 Å². The van der Waals surface area contributed by atoms with E-state index in [1.807, 2.05) is 32.0 Å². The van der Waals surface area contributed by atoms with Crippen molar-refractivity contribution in [1.29, 1.82) is 0 Å². The van der Waals surface area contributed by atoms with Crippen molar-refractivity contribution >= 4 is 22.7 Å². The number of Topliss-reactive ketones (excluding diaryl/α,β-unsaturated/α-hetero) is 1. The van der Waals surface area contributed by atoms with Gasteiger partial charge in [0.1, 0.15) is 0 Å². The number of ketones is 1. The normalized spacial score (nSPS) is 10.7. The highest BCUT2D eigenvalue weighted by Gasteiger charge is 2.16. The van der Waals surface area contributed by atoms with Crippen LogP contribution in [0.3, 0.4) is 0 Å². The molecule has 0 fully saturated rings. The maximum absolute atomic E-state index is 12.4. The van der Waals surface area contributed by atoms with Crippen molar-refractivity contribution in [1.82, 2.24) is 9.97 Å². The molecule has 1 N–H and O–H groups in total. The van der Waals surface area contributed by atoms with E-state index in [0.717, 1.165) is 22.2 Å². The van der Waals surface area contributed by atoms with E-state index in [1.54, 1.807) is 24.4 Å². The zero-order valence-electron chi connectivity index (χ0n) is 12.9. The number of aromatic nitrogens is 2. The molecule has 0 amide bonds. The summed E-state index contributed by atoms with van der Waals surface area (Å²) in [7, 11) is 0. The molecule has 3 rings (SSSR count). The van der Waals surface area contributed by atoms with Gasteiger partial charge in [-0.05, 0) is 44.2 Å². The molecule has 0 bridgehead atoms. The number of nitrogens with one attached hydrogen (secondary N) is 1. The number of hydrogen-bond donors (Lipinski definition) is 1. The van der Waals surface area contributed by atoms with Crippen LogP contribution in [0.4, 0.5) is 0 Å². The fraction of sp³-hybridized carbons (Fsp3) is 0.167. The molecule has 5 nitrogen and oxygen atoms in total. The average molecular weight is 308 g/mol. The third kappa shape index (κ3) is 3.13. The Bertz CT molecular complexity index is 883. The van der Waals surface area contributed by atoms with Crippen LogP contribution in [0.15, 0.2) is 42.6 Å². The zero-order valence-corrected chi connectivity index (χ0v) is 12.9. The lowest BCUT2D eigenvalue weighted by Crippen LogP contribution is -2.15. The quantitative estimate of drug-likeness (QED) is 0.593. The van der Waals surface area contributed by atoms with Crippen molar-refractivity contribution < 1.29 is 14.3 Å². The van der Waals surface area contributed by atoms with Crippen molar-refractivity contribution in [3.05, 3.63) is 65.1 Å². The maximum atomic E-state index is 12.4. The van der Waals surface area contributed by atoms with Gasteiger partial charge in [0.05, 0.1) is 16.8 Å². The summed E-state index contributed by atoms with van der Waals surface area (Å²) in [4.78, 5) is 31.5. The molecule has 0 saturated heterocycles. The van der Waals surface area contributed by atoms with Gasteiger partial charge in [-0.15, -0.1) is 0 Å². The van der Waals surface area contributed by atoms with Crippen LogP contribution in [0.2, 0.25) is 0 Å². The number of fused-ring (bicyclic) bond motifs is 1. The summed E-state index contributed by atoms with van der Waals surface area (Å²) in [6, 6.07) is 10.8. The number of carbonyl (C=O) groups excluding carboxylic acids is 2. The number of aryl methyl sites for hydroxylation is 2. The Morgan fingerprint density at radius 2 is 2.00 bits per heavy atom. The van der Waals surface area contributed by atoms with E-state index in [2.05, 4.69) is 9.97 Å². The lowest BCUT2D eigenvalue weighted by Gasteiger charge is -2.08. The molecule has 0 unspecified atom stereocenters. The number of benzene rings is 1. The summed E-state index contributed by atoms with van der Waals surface area (Å²) >= 11 is 0. The third-order valence-corrected chi connectivity index (χ3v) is 3.54. The van der Waals surface area contributed by atoms with Gasteiger partial charge < -0.3 is 9.72 Å².